The molecule has 0 aromatic carbocycles. The molecule has 0 bridgehead atoms. The highest BCUT2D eigenvalue weighted by Gasteiger charge is 2.42. The molecule has 0 saturated carbocycles. The maximum absolute atomic E-state index is 9.25. The smallest absolute Gasteiger partial charge is 0.183 e. The summed E-state index contributed by atoms with van der Waals surface area (Å²) in [5, 5.41) is 36.7. The van der Waals surface area contributed by atoms with E-state index in [1.165, 1.54) is 0 Å². The van der Waals surface area contributed by atoms with E-state index in [0.29, 0.717) is 0 Å². The molecule has 1 aliphatic heterocycles. The lowest BCUT2D eigenvalue weighted by molar-refractivity contribution is -0.276. The highest BCUT2D eigenvalue weighted by Crippen LogP contribution is 2.20. The van der Waals surface area contributed by atoms with E-state index in [0.717, 1.165) is 0 Å². The molecule has 0 radical (unpaired) electrons. The predicted octanol–water partition coefficient (Wildman–Crippen LogP) is -1.82. The Morgan fingerprint density at radius 2 is 1.58 bits per heavy atom. The standard InChI is InChI=1S/C6H11BrO5/c7-1-2-3(8)4(9)5(10)6(11)12-2/h2-6,8-11H,1H2/t2-,3-,4+,5-,6-/m1/s1. The largest absolute Gasteiger partial charge is 0.388 e. The van der Waals surface area contributed by atoms with Gasteiger partial charge in [-0.25, -0.2) is 0 Å². The molecule has 72 valence electrons. The van der Waals surface area contributed by atoms with Crippen molar-refractivity contribution in [2.75, 3.05) is 5.33 Å². The van der Waals surface area contributed by atoms with Crippen LogP contribution >= 0.6 is 15.9 Å². The minimum Gasteiger partial charge on any atom is -0.388 e. The molecule has 6 heteroatoms. The van der Waals surface area contributed by atoms with Crippen molar-refractivity contribution in [1.29, 1.82) is 0 Å². The molecule has 1 aliphatic rings. The maximum atomic E-state index is 9.25. The summed E-state index contributed by atoms with van der Waals surface area (Å²) in [5.74, 6) is 0. The second-order valence-corrected chi connectivity index (χ2v) is 3.34. The summed E-state index contributed by atoms with van der Waals surface area (Å²) < 4.78 is 4.78. The van der Waals surface area contributed by atoms with Crippen LogP contribution in [0, 0.1) is 0 Å². The Labute approximate surface area is 77.7 Å². The molecule has 0 unspecified atom stereocenters. The third-order valence-corrected chi connectivity index (χ3v) is 2.48. The number of hydrogen-bond donors (Lipinski definition) is 4. The first kappa shape index (κ1) is 10.4. The Morgan fingerprint density at radius 3 is 2.08 bits per heavy atom. The first-order valence-electron chi connectivity index (χ1n) is 3.51. The molecule has 5 nitrogen and oxygen atoms in total. The van der Waals surface area contributed by atoms with Gasteiger partial charge < -0.3 is 25.2 Å². The number of rotatable bonds is 1. The van der Waals surface area contributed by atoms with Crippen LogP contribution in [-0.4, -0.2) is 56.5 Å². The van der Waals surface area contributed by atoms with Crippen molar-refractivity contribution in [3.63, 3.8) is 0 Å². The molecule has 0 aromatic rings. The van der Waals surface area contributed by atoms with Gasteiger partial charge in [-0.15, -0.1) is 0 Å². The fourth-order valence-corrected chi connectivity index (χ4v) is 1.59. The van der Waals surface area contributed by atoms with Crippen molar-refractivity contribution in [2.24, 2.45) is 0 Å². The Balaban J connectivity index is 2.63. The van der Waals surface area contributed by atoms with E-state index in [9.17, 15) is 5.11 Å². The summed E-state index contributed by atoms with van der Waals surface area (Å²) in [6.45, 7) is 0. The predicted molar refractivity (Wildman–Crippen MR) is 42.7 cm³/mol. The Kier molecular flexibility index (Phi) is 3.45. The van der Waals surface area contributed by atoms with Crippen LogP contribution in [0.2, 0.25) is 0 Å². The molecule has 4 N–H and O–H groups in total. The summed E-state index contributed by atoms with van der Waals surface area (Å²) in [4.78, 5) is 0. The van der Waals surface area contributed by atoms with E-state index in [1.54, 1.807) is 0 Å². The lowest BCUT2D eigenvalue weighted by Gasteiger charge is -2.37. The molecule has 0 spiro atoms. The molecular formula is C6H11BrO5. The topological polar surface area (TPSA) is 90.2 Å². The van der Waals surface area contributed by atoms with E-state index in [4.69, 9.17) is 20.1 Å². The van der Waals surface area contributed by atoms with Gasteiger partial charge in [-0.05, 0) is 0 Å². The minimum absolute atomic E-state index is 0.287. The Morgan fingerprint density at radius 1 is 1.00 bits per heavy atom. The monoisotopic (exact) mass is 242 g/mol. The normalized spacial score (nSPS) is 49.2. The molecule has 5 atom stereocenters. The van der Waals surface area contributed by atoms with Gasteiger partial charge in [-0.2, -0.15) is 0 Å². The van der Waals surface area contributed by atoms with Crippen molar-refractivity contribution >= 4 is 15.9 Å². The molecule has 12 heavy (non-hydrogen) atoms. The van der Waals surface area contributed by atoms with Crippen molar-refractivity contribution in [3.05, 3.63) is 0 Å². The molecule has 1 fully saturated rings. The third kappa shape index (κ3) is 1.78. The molecule has 1 rings (SSSR count). The van der Waals surface area contributed by atoms with Gasteiger partial charge >= 0.3 is 0 Å². The number of hydrogen-bond acceptors (Lipinski definition) is 5. The second kappa shape index (κ2) is 3.99. The van der Waals surface area contributed by atoms with Crippen LogP contribution in [0.15, 0.2) is 0 Å². The van der Waals surface area contributed by atoms with E-state index >= 15 is 0 Å². The summed E-state index contributed by atoms with van der Waals surface area (Å²) >= 11 is 3.04. The third-order valence-electron chi connectivity index (χ3n) is 1.84. The fraction of sp³-hybridized carbons (Fsp3) is 1.00. The van der Waals surface area contributed by atoms with Crippen molar-refractivity contribution in [3.8, 4) is 0 Å². The number of aliphatic hydroxyl groups is 4. The highest BCUT2D eigenvalue weighted by molar-refractivity contribution is 9.09. The summed E-state index contributed by atoms with van der Waals surface area (Å²) in [5.41, 5.74) is 0. The number of halogens is 1. The summed E-state index contributed by atoms with van der Waals surface area (Å²) in [7, 11) is 0. The van der Waals surface area contributed by atoms with Crippen LogP contribution in [-0.2, 0) is 4.74 Å². The molecular weight excluding hydrogens is 232 g/mol. The van der Waals surface area contributed by atoms with Crippen LogP contribution in [0.3, 0.4) is 0 Å². The number of ether oxygens (including phenoxy) is 1. The Hall–Kier alpha value is 0.280. The molecule has 1 heterocycles. The van der Waals surface area contributed by atoms with E-state index in [1.807, 2.05) is 0 Å². The summed E-state index contributed by atoms with van der Waals surface area (Å²) in [6, 6.07) is 0. The zero-order chi connectivity index (χ0) is 9.30. The average molecular weight is 243 g/mol. The highest BCUT2D eigenvalue weighted by atomic mass is 79.9. The van der Waals surface area contributed by atoms with Crippen LogP contribution in [0.4, 0.5) is 0 Å². The summed E-state index contributed by atoms with van der Waals surface area (Å²) in [6.07, 6.45) is -6.13. The number of aliphatic hydroxyl groups excluding tert-OH is 4. The quantitative estimate of drug-likeness (QED) is 0.407. The molecule has 0 aromatic heterocycles. The fourth-order valence-electron chi connectivity index (χ4n) is 1.06. The zero-order valence-corrected chi connectivity index (χ0v) is 7.75. The van der Waals surface area contributed by atoms with E-state index in [2.05, 4.69) is 15.9 Å². The first-order valence-corrected chi connectivity index (χ1v) is 4.63. The van der Waals surface area contributed by atoms with E-state index in [-0.39, 0.29) is 5.33 Å². The van der Waals surface area contributed by atoms with Crippen molar-refractivity contribution < 1.29 is 25.2 Å². The number of alkyl halides is 1. The minimum atomic E-state index is -1.45. The van der Waals surface area contributed by atoms with Gasteiger partial charge in [-0.1, -0.05) is 15.9 Å². The van der Waals surface area contributed by atoms with Gasteiger partial charge in [0, 0.05) is 5.33 Å². The molecule has 1 saturated heterocycles. The van der Waals surface area contributed by atoms with Gasteiger partial charge in [0.05, 0.1) is 6.10 Å². The van der Waals surface area contributed by atoms with Crippen LogP contribution in [0.1, 0.15) is 0 Å². The van der Waals surface area contributed by atoms with Crippen molar-refractivity contribution in [1.82, 2.24) is 0 Å². The van der Waals surface area contributed by atoms with Crippen LogP contribution < -0.4 is 0 Å². The second-order valence-electron chi connectivity index (χ2n) is 2.69. The van der Waals surface area contributed by atoms with Gasteiger partial charge in [0.2, 0.25) is 0 Å². The molecule has 0 aliphatic carbocycles. The lowest BCUT2D eigenvalue weighted by atomic mass is 10.0. The van der Waals surface area contributed by atoms with Gasteiger partial charge in [0.25, 0.3) is 0 Å². The zero-order valence-electron chi connectivity index (χ0n) is 6.17. The SMILES string of the molecule is O[C@@H]1[C@@H](O)[C@H](O)O[C@H](CBr)[C@H]1O. The van der Waals surface area contributed by atoms with Crippen LogP contribution in [0.25, 0.3) is 0 Å². The Bertz CT molecular complexity index is 150. The van der Waals surface area contributed by atoms with Gasteiger partial charge in [0.1, 0.15) is 18.3 Å². The first-order chi connectivity index (χ1) is 5.57. The van der Waals surface area contributed by atoms with Gasteiger partial charge in [-0.3, -0.25) is 0 Å². The van der Waals surface area contributed by atoms with Crippen LogP contribution in [0.5, 0.6) is 0 Å². The molecule has 0 amide bonds. The maximum Gasteiger partial charge on any atom is 0.183 e. The lowest BCUT2D eigenvalue weighted by Crippen LogP contribution is -2.57. The van der Waals surface area contributed by atoms with Crippen molar-refractivity contribution in [2.45, 2.75) is 30.7 Å². The van der Waals surface area contributed by atoms with Gasteiger partial charge in [0.15, 0.2) is 6.29 Å². The van der Waals surface area contributed by atoms with E-state index < -0.39 is 30.7 Å². The average Bonchev–Trinajstić information content (AvgIpc) is 2.08.